The van der Waals surface area contributed by atoms with E-state index in [0.717, 1.165) is 51.4 Å². The van der Waals surface area contributed by atoms with E-state index in [-0.39, 0.29) is 12.5 Å². The van der Waals surface area contributed by atoms with Gasteiger partial charge in [-0.05, 0) is 70.6 Å². The van der Waals surface area contributed by atoms with Crippen molar-refractivity contribution in [3.05, 3.63) is 60.8 Å². The van der Waals surface area contributed by atoms with Crippen LogP contribution in [0.25, 0.3) is 0 Å². The van der Waals surface area contributed by atoms with Crippen LogP contribution in [-0.2, 0) is 14.3 Å². The van der Waals surface area contributed by atoms with Gasteiger partial charge in [0.2, 0.25) is 5.91 Å². The van der Waals surface area contributed by atoms with E-state index in [1.807, 2.05) is 6.08 Å². The summed E-state index contributed by atoms with van der Waals surface area (Å²) in [7, 11) is 0. The van der Waals surface area contributed by atoms with Crippen molar-refractivity contribution >= 4 is 5.91 Å². The number of ether oxygens (including phenoxy) is 2. The number of aliphatic hydroxyl groups is 5. The van der Waals surface area contributed by atoms with Gasteiger partial charge in [0.15, 0.2) is 6.29 Å². The molecule has 414 valence electrons. The largest absolute Gasteiger partial charge is 0.394 e. The van der Waals surface area contributed by atoms with Gasteiger partial charge in [-0.25, -0.2) is 0 Å². The van der Waals surface area contributed by atoms with Gasteiger partial charge in [0, 0.05) is 6.42 Å². The minimum atomic E-state index is -1.57. The quantitative estimate of drug-likeness (QED) is 0.0261. The third kappa shape index (κ3) is 40.9. The van der Waals surface area contributed by atoms with Gasteiger partial charge in [-0.2, -0.15) is 0 Å². The summed E-state index contributed by atoms with van der Waals surface area (Å²) in [6.07, 6.45) is 62.9. The molecule has 0 aromatic rings. The molecule has 1 rings (SSSR count). The first-order chi connectivity index (χ1) is 34.8. The summed E-state index contributed by atoms with van der Waals surface area (Å²) < 4.78 is 11.3. The van der Waals surface area contributed by atoms with Crippen molar-refractivity contribution in [3.63, 3.8) is 0 Å². The van der Waals surface area contributed by atoms with E-state index in [1.165, 1.54) is 199 Å². The standard InChI is InChI=1S/C62H113NO8/c1-3-5-7-9-11-13-15-17-19-21-23-25-26-27-28-29-30-32-34-36-38-40-42-44-46-48-50-52-58(66)63-55(54-70-62-61(69)60(68)59(67)57(53-64)71-62)56(65)51-49-47-45-43-41-39-37-35-33-31-24-22-20-18-16-14-12-10-8-6-4-2/h15,17,21,23,26-27,41,43,49,51,55-57,59-62,64-65,67-69H,3-14,16,18-20,22,24-25,28-40,42,44-48,50,52-54H2,1-2H3,(H,63,66)/b17-15-,23-21-,27-26-,43-41+,51-49+. The highest BCUT2D eigenvalue weighted by Gasteiger charge is 2.44. The van der Waals surface area contributed by atoms with E-state index in [1.54, 1.807) is 6.08 Å². The summed E-state index contributed by atoms with van der Waals surface area (Å²) in [5.41, 5.74) is 0. The van der Waals surface area contributed by atoms with Gasteiger partial charge < -0.3 is 40.3 Å². The van der Waals surface area contributed by atoms with E-state index >= 15 is 0 Å². The Kier molecular flexibility index (Phi) is 48.4. The monoisotopic (exact) mass is 1000 g/mol. The molecule has 71 heavy (non-hydrogen) atoms. The molecule has 1 aliphatic heterocycles. The number of hydrogen-bond acceptors (Lipinski definition) is 8. The summed E-state index contributed by atoms with van der Waals surface area (Å²) in [6.45, 7) is 3.77. The number of amides is 1. The van der Waals surface area contributed by atoms with Gasteiger partial charge >= 0.3 is 0 Å². The number of nitrogens with one attached hydrogen (secondary N) is 1. The molecule has 0 aliphatic carbocycles. The molecule has 9 heteroatoms. The average Bonchev–Trinajstić information content (AvgIpc) is 3.37. The number of rotatable bonds is 51. The van der Waals surface area contributed by atoms with E-state index in [9.17, 15) is 30.3 Å². The molecule has 1 saturated heterocycles. The van der Waals surface area contributed by atoms with Crippen molar-refractivity contribution < 1.29 is 39.8 Å². The lowest BCUT2D eigenvalue weighted by atomic mass is 9.99. The molecule has 0 aromatic carbocycles. The molecular formula is C62H113NO8. The fraction of sp³-hybridized carbons (Fsp3) is 0.823. The van der Waals surface area contributed by atoms with Gasteiger partial charge in [-0.15, -0.1) is 0 Å². The molecular weight excluding hydrogens is 887 g/mol. The third-order valence-corrected chi connectivity index (χ3v) is 14.1. The van der Waals surface area contributed by atoms with Crippen LogP contribution in [0.15, 0.2) is 60.8 Å². The highest BCUT2D eigenvalue weighted by atomic mass is 16.7. The number of carbonyl (C=O) groups excluding carboxylic acids is 1. The Morgan fingerprint density at radius 2 is 0.845 bits per heavy atom. The topological polar surface area (TPSA) is 149 Å². The second-order valence-electron chi connectivity index (χ2n) is 20.8. The maximum Gasteiger partial charge on any atom is 0.220 e. The Morgan fingerprint density at radius 3 is 1.28 bits per heavy atom. The van der Waals surface area contributed by atoms with Crippen LogP contribution in [0, 0.1) is 0 Å². The molecule has 1 amide bonds. The van der Waals surface area contributed by atoms with E-state index in [4.69, 9.17) is 9.47 Å². The predicted octanol–water partition coefficient (Wildman–Crippen LogP) is 15.1. The van der Waals surface area contributed by atoms with Crippen molar-refractivity contribution in [1.29, 1.82) is 0 Å². The summed E-state index contributed by atoms with van der Waals surface area (Å²) in [4.78, 5) is 13.1. The van der Waals surface area contributed by atoms with Crippen LogP contribution in [0.5, 0.6) is 0 Å². The van der Waals surface area contributed by atoms with Crippen molar-refractivity contribution in [3.8, 4) is 0 Å². The summed E-state index contributed by atoms with van der Waals surface area (Å²) >= 11 is 0. The van der Waals surface area contributed by atoms with E-state index in [0.29, 0.717) is 6.42 Å². The molecule has 0 bridgehead atoms. The molecule has 0 spiro atoms. The zero-order valence-corrected chi connectivity index (χ0v) is 46.0. The normalized spacial score (nSPS) is 19.7. The van der Waals surface area contributed by atoms with E-state index < -0.39 is 49.5 Å². The zero-order valence-electron chi connectivity index (χ0n) is 46.0. The minimum absolute atomic E-state index is 0.188. The number of unbranched alkanes of at least 4 members (excludes halogenated alkanes) is 33. The number of allylic oxidation sites excluding steroid dienone is 9. The van der Waals surface area contributed by atoms with Crippen LogP contribution < -0.4 is 5.32 Å². The SMILES string of the molecule is CCCCCCC/C=C\C/C=C\C/C=C\CCCCCCCCCCCCCCC(=O)NC(COC1OC(CO)C(O)C(O)C1O)C(O)/C=C/CC/C=C/CCCCCCCCCCCCCCCCC. The lowest BCUT2D eigenvalue weighted by Gasteiger charge is -2.40. The first kappa shape index (κ1) is 66.9. The van der Waals surface area contributed by atoms with Gasteiger partial charge in [0.05, 0.1) is 25.4 Å². The first-order valence-electron chi connectivity index (χ1n) is 30.0. The molecule has 9 nitrogen and oxygen atoms in total. The summed E-state index contributed by atoms with van der Waals surface area (Å²) in [6, 6.07) is -0.826. The molecule has 0 saturated carbocycles. The van der Waals surface area contributed by atoms with Crippen molar-refractivity contribution in [2.24, 2.45) is 0 Å². The second kappa shape index (κ2) is 51.4. The van der Waals surface area contributed by atoms with Crippen LogP contribution >= 0.6 is 0 Å². The highest BCUT2D eigenvalue weighted by Crippen LogP contribution is 2.23. The smallest absolute Gasteiger partial charge is 0.220 e. The summed E-state index contributed by atoms with van der Waals surface area (Å²) in [5.74, 6) is -0.188. The van der Waals surface area contributed by atoms with Crippen molar-refractivity contribution in [1.82, 2.24) is 5.32 Å². The first-order valence-corrected chi connectivity index (χ1v) is 30.0. The fourth-order valence-corrected chi connectivity index (χ4v) is 9.30. The Balaban J connectivity index is 2.23. The lowest BCUT2D eigenvalue weighted by Crippen LogP contribution is -2.60. The minimum Gasteiger partial charge on any atom is -0.394 e. The Morgan fingerprint density at radius 1 is 0.479 bits per heavy atom. The lowest BCUT2D eigenvalue weighted by molar-refractivity contribution is -0.302. The van der Waals surface area contributed by atoms with Crippen LogP contribution in [-0.4, -0.2) is 87.5 Å². The van der Waals surface area contributed by atoms with E-state index in [2.05, 4.69) is 67.8 Å². The molecule has 0 aromatic heterocycles. The maximum atomic E-state index is 13.1. The highest BCUT2D eigenvalue weighted by molar-refractivity contribution is 5.76. The van der Waals surface area contributed by atoms with Gasteiger partial charge in [0.25, 0.3) is 0 Å². The Bertz CT molecular complexity index is 1300. The molecule has 1 aliphatic rings. The van der Waals surface area contributed by atoms with Gasteiger partial charge in [0.1, 0.15) is 24.4 Å². The Hall–Kier alpha value is -2.11. The second-order valence-corrected chi connectivity index (χ2v) is 20.8. The van der Waals surface area contributed by atoms with Gasteiger partial charge in [-0.1, -0.05) is 254 Å². The van der Waals surface area contributed by atoms with Crippen molar-refractivity contribution in [2.75, 3.05) is 13.2 Å². The molecule has 7 atom stereocenters. The average molecular weight is 1000 g/mol. The molecule has 1 heterocycles. The van der Waals surface area contributed by atoms with Crippen LogP contribution in [0.2, 0.25) is 0 Å². The zero-order chi connectivity index (χ0) is 51.5. The molecule has 1 fully saturated rings. The molecule has 6 N–H and O–H groups in total. The molecule has 0 radical (unpaired) electrons. The maximum absolute atomic E-state index is 13.1. The van der Waals surface area contributed by atoms with Gasteiger partial charge in [-0.3, -0.25) is 4.79 Å². The fourth-order valence-electron chi connectivity index (χ4n) is 9.30. The van der Waals surface area contributed by atoms with Crippen LogP contribution in [0.4, 0.5) is 0 Å². The third-order valence-electron chi connectivity index (χ3n) is 14.1. The molecule has 7 unspecified atom stereocenters. The number of aliphatic hydroxyl groups excluding tert-OH is 5. The van der Waals surface area contributed by atoms with Crippen molar-refractivity contribution in [2.45, 2.75) is 314 Å². The number of carbonyl (C=O) groups is 1. The summed E-state index contributed by atoms with van der Waals surface area (Å²) in [5, 5.41) is 54.5. The van der Waals surface area contributed by atoms with Crippen LogP contribution in [0.3, 0.4) is 0 Å². The van der Waals surface area contributed by atoms with Crippen LogP contribution in [0.1, 0.15) is 271 Å². The predicted molar refractivity (Wildman–Crippen MR) is 299 cm³/mol. The number of hydrogen-bond donors (Lipinski definition) is 6. The Labute approximate surface area is 436 Å².